The standard InChI is InChI=1S/C16H12Cl3N5/c1-9-7-10(17)5-6-13(9)21-14-8-20-24-16(22-14)23-15-11(18)3-2-4-12(15)19/h2-8H,1H3,(H2,21,22,23,24). The first-order chi connectivity index (χ1) is 11.5. The van der Waals surface area contributed by atoms with Crippen LogP contribution in [0.5, 0.6) is 0 Å². The van der Waals surface area contributed by atoms with Crippen molar-refractivity contribution in [2.45, 2.75) is 6.92 Å². The monoisotopic (exact) mass is 379 g/mol. The Balaban J connectivity index is 1.84. The van der Waals surface area contributed by atoms with Gasteiger partial charge < -0.3 is 10.6 Å². The van der Waals surface area contributed by atoms with Gasteiger partial charge in [-0.15, -0.1) is 5.10 Å². The van der Waals surface area contributed by atoms with E-state index in [2.05, 4.69) is 25.8 Å². The normalized spacial score (nSPS) is 10.5. The number of rotatable bonds is 4. The summed E-state index contributed by atoms with van der Waals surface area (Å²) in [6.07, 6.45) is 1.52. The van der Waals surface area contributed by atoms with Gasteiger partial charge in [0.05, 0.1) is 21.9 Å². The van der Waals surface area contributed by atoms with E-state index >= 15 is 0 Å². The summed E-state index contributed by atoms with van der Waals surface area (Å²) in [4.78, 5) is 4.36. The quantitative estimate of drug-likeness (QED) is 0.614. The average molecular weight is 381 g/mol. The molecule has 0 aliphatic heterocycles. The minimum absolute atomic E-state index is 0.279. The van der Waals surface area contributed by atoms with Gasteiger partial charge >= 0.3 is 0 Å². The van der Waals surface area contributed by atoms with Crippen LogP contribution in [0.25, 0.3) is 0 Å². The molecule has 0 unspecified atom stereocenters. The highest BCUT2D eigenvalue weighted by atomic mass is 35.5. The zero-order valence-electron chi connectivity index (χ0n) is 12.5. The number of benzene rings is 2. The molecule has 0 radical (unpaired) electrons. The fraction of sp³-hybridized carbons (Fsp3) is 0.0625. The fourth-order valence-corrected chi connectivity index (χ4v) is 2.77. The Kier molecular flexibility index (Phi) is 5.04. The lowest BCUT2D eigenvalue weighted by molar-refractivity contribution is 0.982. The van der Waals surface area contributed by atoms with Crippen molar-refractivity contribution in [1.82, 2.24) is 15.2 Å². The molecule has 0 saturated heterocycles. The van der Waals surface area contributed by atoms with E-state index < -0.39 is 0 Å². The number of anilines is 4. The van der Waals surface area contributed by atoms with E-state index in [1.54, 1.807) is 24.3 Å². The van der Waals surface area contributed by atoms with Crippen LogP contribution in [0.3, 0.4) is 0 Å². The summed E-state index contributed by atoms with van der Waals surface area (Å²) in [5.41, 5.74) is 2.40. The Labute approximate surface area is 154 Å². The van der Waals surface area contributed by atoms with E-state index in [9.17, 15) is 0 Å². The third-order valence-corrected chi connectivity index (χ3v) is 4.07. The molecule has 1 aromatic heterocycles. The van der Waals surface area contributed by atoms with Crippen molar-refractivity contribution >= 4 is 57.9 Å². The van der Waals surface area contributed by atoms with Crippen LogP contribution >= 0.6 is 34.8 Å². The molecule has 0 atom stereocenters. The van der Waals surface area contributed by atoms with E-state index in [0.29, 0.717) is 26.6 Å². The van der Waals surface area contributed by atoms with Gasteiger partial charge in [-0.2, -0.15) is 10.1 Å². The topological polar surface area (TPSA) is 62.7 Å². The lowest BCUT2D eigenvalue weighted by Gasteiger charge is -2.11. The Hall–Kier alpha value is -2.08. The number of para-hydroxylation sites is 1. The number of aryl methyl sites for hydroxylation is 1. The molecule has 0 spiro atoms. The van der Waals surface area contributed by atoms with Crippen molar-refractivity contribution in [3.63, 3.8) is 0 Å². The highest BCUT2D eigenvalue weighted by molar-refractivity contribution is 6.39. The second-order valence-electron chi connectivity index (χ2n) is 4.97. The molecule has 0 amide bonds. The van der Waals surface area contributed by atoms with Gasteiger partial charge in [0.2, 0.25) is 5.95 Å². The van der Waals surface area contributed by atoms with Gasteiger partial charge in [-0.3, -0.25) is 0 Å². The van der Waals surface area contributed by atoms with Gasteiger partial charge in [-0.1, -0.05) is 40.9 Å². The Morgan fingerprint density at radius 1 is 0.958 bits per heavy atom. The number of halogens is 3. The molecule has 0 bridgehead atoms. The smallest absolute Gasteiger partial charge is 0.249 e. The van der Waals surface area contributed by atoms with E-state index in [0.717, 1.165) is 11.3 Å². The molecule has 3 rings (SSSR count). The minimum Gasteiger partial charge on any atom is -0.339 e. The van der Waals surface area contributed by atoms with Crippen LogP contribution in [0.15, 0.2) is 42.6 Å². The van der Waals surface area contributed by atoms with Crippen LogP contribution in [-0.4, -0.2) is 15.2 Å². The molecule has 1 heterocycles. The molecule has 24 heavy (non-hydrogen) atoms. The summed E-state index contributed by atoms with van der Waals surface area (Å²) in [6, 6.07) is 10.7. The van der Waals surface area contributed by atoms with E-state index in [-0.39, 0.29) is 5.95 Å². The lowest BCUT2D eigenvalue weighted by Crippen LogP contribution is -2.03. The van der Waals surface area contributed by atoms with Crippen molar-refractivity contribution < 1.29 is 0 Å². The number of nitrogens with zero attached hydrogens (tertiary/aromatic N) is 3. The summed E-state index contributed by atoms with van der Waals surface area (Å²) in [7, 11) is 0. The first kappa shape index (κ1) is 16.8. The largest absolute Gasteiger partial charge is 0.339 e. The maximum atomic E-state index is 6.13. The summed E-state index contributed by atoms with van der Waals surface area (Å²) < 4.78 is 0. The third-order valence-electron chi connectivity index (χ3n) is 3.21. The number of aromatic nitrogens is 3. The van der Waals surface area contributed by atoms with Crippen LogP contribution in [-0.2, 0) is 0 Å². The average Bonchev–Trinajstić information content (AvgIpc) is 2.54. The van der Waals surface area contributed by atoms with Crippen LogP contribution in [0.1, 0.15) is 5.56 Å². The number of hydrogen-bond donors (Lipinski definition) is 2. The van der Waals surface area contributed by atoms with E-state index in [1.165, 1.54) is 6.20 Å². The molecular formula is C16H12Cl3N5. The first-order valence-electron chi connectivity index (χ1n) is 6.97. The summed E-state index contributed by atoms with van der Waals surface area (Å²) in [5, 5.41) is 15.7. The molecular weight excluding hydrogens is 369 g/mol. The maximum absolute atomic E-state index is 6.13. The van der Waals surface area contributed by atoms with Crippen molar-refractivity contribution in [1.29, 1.82) is 0 Å². The molecule has 0 aliphatic rings. The predicted molar refractivity (Wildman–Crippen MR) is 99.0 cm³/mol. The Morgan fingerprint density at radius 3 is 2.42 bits per heavy atom. The van der Waals surface area contributed by atoms with Crippen LogP contribution in [0.2, 0.25) is 15.1 Å². The molecule has 2 aromatic carbocycles. The molecule has 0 fully saturated rings. The van der Waals surface area contributed by atoms with Gasteiger partial charge in [-0.05, 0) is 42.8 Å². The third kappa shape index (κ3) is 3.87. The van der Waals surface area contributed by atoms with Gasteiger partial charge in [0.25, 0.3) is 0 Å². The second kappa shape index (κ2) is 7.21. The van der Waals surface area contributed by atoms with Crippen molar-refractivity contribution in [3.8, 4) is 0 Å². The van der Waals surface area contributed by atoms with E-state index in [4.69, 9.17) is 34.8 Å². The van der Waals surface area contributed by atoms with Crippen molar-refractivity contribution in [3.05, 3.63) is 63.2 Å². The number of hydrogen-bond acceptors (Lipinski definition) is 5. The molecule has 8 heteroatoms. The second-order valence-corrected chi connectivity index (χ2v) is 6.22. The van der Waals surface area contributed by atoms with Crippen LogP contribution in [0.4, 0.5) is 23.1 Å². The van der Waals surface area contributed by atoms with Crippen molar-refractivity contribution in [2.75, 3.05) is 10.6 Å². The highest BCUT2D eigenvalue weighted by Gasteiger charge is 2.09. The minimum atomic E-state index is 0.279. The number of nitrogens with one attached hydrogen (secondary N) is 2. The molecule has 0 aliphatic carbocycles. The SMILES string of the molecule is Cc1cc(Cl)ccc1Nc1cnnc(Nc2c(Cl)cccc2Cl)n1. The van der Waals surface area contributed by atoms with Crippen molar-refractivity contribution in [2.24, 2.45) is 0 Å². The van der Waals surface area contributed by atoms with Gasteiger partial charge in [-0.25, -0.2) is 0 Å². The summed E-state index contributed by atoms with van der Waals surface area (Å²) in [6.45, 7) is 1.95. The lowest BCUT2D eigenvalue weighted by atomic mass is 10.2. The molecule has 122 valence electrons. The molecule has 2 N–H and O–H groups in total. The predicted octanol–water partition coefficient (Wildman–Crippen LogP) is 5.63. The van der Waals surface area contributed by atoms with Crippen LogP contribution in [0, 0.1) is 6.92 Å². The molecule has 5 nitrogen and oxygen atoms in total. The Morgan fingerprint density at radius 2 is 1.71 bits per heavy atom. The summed E-state index contributed by atoms with van der Waals surface area (Å²) in [5.74, 6) is 0.808. The molecule has 0 saturated carbocycles. The zero-order valence-corrected chi connectivity index (χ0v) is 14.8. The van der Waals surface area contributed by atoms with Gasteiger partial charge in [0.15, 0.2) is 5.82 Å². The fourth-order valence-electron chi connectivity index (χ4n) is 2.05. The summed E-state index contributed by atoms with van der Waals surface area (Å²) >= 11 is 18.2. The highest BCUT2D eigenvalue weighted by Crippen LogP contribution is 2.31. The van der Waals surface area contributed by atoms with Gasteiger partial charge in [0.1, 0.15) is 0 Å². The first-order valence-corrected chi connectivity index (χ1v) is 8.10. The Bertz CT molecular complexity index is 865. The van der Waals surface area contributed by atoms with Crippen LogP contribution < -0.4 is 10.6 Å². The molecule has 3 aromatic rings. The van der Waals surface area contributed by atoms with Gasteiger partial charge in [0, 0.05) is 10.7 Å². The zero-order chi connectivity index (χ0) is 17.1. The maximum Gasteiger partial charge on any atom is 0.249 e. The van der Waals surface area contributed by atoms with E-state index in [1.807, 2.05) is 19.1 Å².